The van der Waals surface area contributed by atoms with Gasteiger partial charge in [-0.3, -0.25) is 4.79 Å². The van der Waals surface area contributed by atoms with Crippen LogP contribution >= 0.6 is 0 Å². The molecule has 6 heteroatoms. The van der Waals surface area contributed by atoms with E-state index in [4.69, 9.17) is 10.3 Å². The van der Waals surface area contributed by atoms with Crippen molar-refractivity contribution in [3.8, 4) is 11.4 Å². The first-order chi connectivity index (χ1) is 13.1. The molecule has 0 saturated carbocycles. The molecular weight excluding hydrogens is 340 g/mol. The first-order valence-corrected chi connectivity index (χ1v) is 10.0. The average Bonchev–Trinajstić information content (AvgIpc) is 3.14. The Morgan fingerprint density at radius 2 is 1.89 bits per heavy atom. The molecule has 1 amide bonds. The zero-order valence-electron chi connectivity index (χ0n) is 16.6. The lowest BCUT2D eigenvalue weighted by Crippen LogP contribution is -2.33. The Hall–Kier alpha value is -2.21. The minimum Gasteiger partial charge on any atom is -0.342 e. The van der Waals surface area contributed by atoms with Gasteiger partial charge < -0.3 is 15.2 Å². The lowest BCUT2D eigenvalue weighted by atomic mass is 10.1. The van der Waals surface area contributed by atoms with Gasteiger partial charge in [-0.15, -0.1) is 0 Å². The molecule has 0 unspecified atom stereocenters. The second-order valence-corrected chi connectivity index (χ2v) is 6.96. The Balaban J connectivity index is 1.89. The Morgan fingerprint density at radius 1 is 1.11 bits per heavy atom. The van der Waals surface area contributed by atoms with Gasteiger partial charge in [-0.05, 0) is 32.7 Å². The van der Waals surface area contributed by atoms with E-state index in [1.165, 1.54) is 5.56 Å². The quantitative estimate of drug-likeness (QED) is 0.574. The molecule has 0 atom stereocenters. The second kappa shape index (κ2) is 11.5. The second-order valence-electron chi connectivity index (χ2n) is 6.96. The van der Waals surface area contributed by atoms with Gasteiger partial charge >= 0.3 is 0 Å². The van der Waals surface area contributed by atoms with Gasteiger partial charge in [-0.25, -0.2) is 0 Å². The van der Waals surface area contributed by atoms with E-state index in [2.05, 4.69) is 17.1 Å². The van der Waals surface area contributed by atoms with Crippen LogP contribution in [0.2, 0.25) is 0 Å². The topological polar surface area (TPSA) is 85.2 Å². The fourth-order valence-electron chi connectivity index (χ4n) is 2.87. The molecule has 0 aliphatic rings. The SMILES string of the molecule is CCCCN(CCc1nc(-c2ccc(C)cc2)no1)C(=O)CCCCCN. The maximum absolute atomic E-state index is 12.5. The van der Waals surface area contributed by atoms with Crippen molar-refractivity contribution in [1.29, 1.82) is 0 Å². The van der Waals surface area contributed by atoms with Gasteiger partial charge in [0.15, 0.2) is 0 Å². The number of nitrogens with zero attached hydrogens (tertiary/aromatic N) is 3. The molecule has 0 radical (unpaired) electrons. The molecular formula is C21H32N4O2. The van der Waals surface area contributed by atoms with E-state index in [0.717, 1.165) is 44.2 Å². The van der Waals surface area contributed by atoms with Crippen LogP contribution in [-0.2, 0) is 11.2 Å². The number of aromatic nitrogens is 2. The highest BCUT2D eigenvalue weighted by molar-refractivity contribution is 5.76. The largest absolute Gasteiger partial charge is 0.342 e. The minimum absolute atomic E-state index is 0.207. The zero-order chi connectivity index (χ0) is 19.5. The summed E-state index contributed by atoms with van der Waals surface area (Å²) < 4.78 is 5.38. The summed E-state index contributed by atoms with van der Waals surface area (Å²) in [6.45, 7) is 6.27. The van der Waals surface area contributed by atoms with Crippen molar-refractivity contribution in [3.63, 3.8) is 0 Å². The number of hydrogen-bond donors (Lipinski definition) is 1. The van der Waals surface area contributed by atoms with Crippen molar-refractivity contribution < 1.29 is 9.32 Å². The Kier molecular flexibility index (Phi) is 8.98. The van der Waals surface area contributed by atoms with E-state index < -0.39 is 0 Å². The van der Waals surface area contributed by atoms with Crippen LogP contribution in [0, 0.1) is 6.92 Å². The number of carbonyl (C=O) groups excluding carboxylic acids is 1. The fraction of sp³-hybridized carbons (Fsp3) is 0.571. The number of benzene rings is 1. The summed E-state index contributed by atoms with van der Waals surface area (Å²) in [5.74, 6) is 1.37. The first-order valence-electron chi connectivity index (χ1n) is 10.0. The summed E-state index contributed by atoms with van der Waals surface area (Å²) >= 11 is 0. The Bertz CT molecular complexity index is 682. The van der Waals surface area contributed by atoms with Crippen LogP contribution in [0.5, 0.6) is 0 Å². The van der Waals surface area contributed by atoms with Gasteiger partial charge in [0.05, 0.1) is 0 Å². The van der Waals surface area contributed by atoms with Crippen LogP contribution in [-0.4, -0.2) is 40.6 Å². The molecule has 2 rings (SSSR count). The highest BCUT2D eigenvalue weighted by atomic mass is 16.5. The Morgan fingerprint density at radius 3 is 2.59 bits per heavy atom. The number of hydrogen-bond acceptors (Lipinski definition) is 5. The summed E-state index contributed by atoms with van der Waals surface area (Å²) in [6.07, 6.45) is 6.12. The van der Waals surface area contributed by atoms with Gasteiger partial charge in [0.2, 0.25) is 17.6 Å². The van der Waals surface area contributed by atoms with Crippen molar-refractivity contribution >= 4 is 5.91 Å². The molecule has 1 aromatic heterocycles. The fourth-order valence-corrected chi connectivity index (χ4v) is 2.87. The van der Waals surface area contributed by atoms with Gasteiger partial charge in [-0.2, -0.15) is 4.98 Å². The normalized spacial score (nSPS) is 10.9. The molecule has 6 nitrogen and oxygen atoms in total. The lowest BCUT2D eigenvalue weighted by molar-refractivity contribution is -0.131. The summed E-state index contributed by atoms with van der Waals surface area (Å²) in [5.41, 5.74) is 7.65. The van der Waals surface area contributed by atoms with E-state index in [9.17, 15) is 4.79 Å². The van der Waals surface area contributed by atoms with Crippen molar-refractivity contribution in [2.24, 2.45) is 5.73 Å². The molecule has 0 aliphatic heterocycles. The van der Waals surface area contributed by atoms with E-state index in [1.54, 1.807) is 0 Å². The summed E-state index contributed by atoms with van der Waals surface area (Å²) in [4.78, 5) is 18.9. The minimum atomic E-state index is 0.207. The summed E-state index contributed by atoms with van der Waals surface area (Å²) in [6, 6.07) is 8.03. The lowest BCUT2D eigenvalue weighted by Gasteiger charge is -2.22. The van der Waals surface area contributed by atoms with E-state index in [1.807, 2.05) is 36.1 Å². The van der Waals surface area contributed by atoms with Gasteiger partial charge in [0, 0.05) is 31.5 Å². The maximum atomic E-state index is 12.5. The molecule has 1 heterocycles. The Labute approximate surface area is 162 Å². The number of amides is 1. The van der Waals surface area contributed by atoms with Crippen LogP contribution in [0.3, 0.4) is 0 Å². The number of carbonyl (C=O) groups is 1. The zero-order valence-corrected chi connectivity index (χ0v) is 16.6. The highest BCUT2D eigenvalue weighted by Crippen LogP contribution is 2.16. The van der Waals surface area contributed by atoms with Gasteiger partial charge in [-0.1, -0.05) is 54.8 Å². The first kappa shape index (κ1) is 21.1. The van der Waals surface area contributed by atoms with Crippen LogP contribution < -0.4 is 5.73 Å². The smallest absolute Gasteiger partial charge is 0.228 e. The highest BCUT2D eigenvalue weighted by Gasteiger charge is 2.15. The van der Waals surface area contributed by atoms with Crippen molar-refractivity contribution in [1.82, 2.24) is 15.0 Å². The average molecular weight is 373 g/mol. The maximum Gasteiger partial charge on any atom is 0.228 e. The number of rotatable bonds is 12. The molecule has 0 fully saturated rings. The number of aryl methyl sites for hydroxylation is 1. The molecule has 27 heavy (non-hydrogen) atoms. The van der Waals surface area contributed by atoms with E-state index >= 15 is 0 Å². The number of nitrogens with two attached hydrogens (primary N) is 1. The molecule has 148 valence electrons. The predicted octanol–water partition coefficient (Wildman–Crippen LogP) is 3.74. The van der Waals surface area contributed by atoms with Gasteiger partial charge in [0.25, 0.3) is 0 Å². The van der Waals surface area contributed by atoms with Crippen LogP contribution in [0.4, 0.5) is 0 Å². The predicted molar refractivity (Wildman–Crippen MR) is 107 cm³/mol. The van der Waals surface area contributed by atoms with Crippen molar-refractivity contribution in [2.45, 2.75) is 58.8 Å². The standard InChI is InChI=1S/C21H32N4O2/c1-3-4-15-25(20(26)8-6-5-7-14-22)16-13-19-23-21(24-27-19)18-11-9-17(2)10-12-18/h9-12H,3-8,13-16,22H2,1-2H3. The molecule has 2 N–H and O–H groups in total. The molecule has 0 spiro atoms. The summed E-state index contributed by atoms with van der Waals surface area (Å²) in [7, 11) is 0. The van der Waals surface area contributed by atoms with E-state index in [-0.39, 0.29) is 5.91 Å². The van der Waals surface area contributed by atoms with Crippen LogP contribution in [0.15, 0.2) is 28.8 Å². The van der Waals surface area contributed by atoms with E-state index in [0.29, 0.717) is 37.6 Å². The third-order valence-electron chi connectivity index (χ3n) is 4.60. The molecule has 0 bridgehead atoms. The van der Waals surface area contributed by atoms with Crippen LogP contribution in [0.1, 0.15) is 56.9 Å². The molecule has 0 saturated heterocycles. The monoisotopic (exact) mass is 372 g/mol. The third-order valence-corrected chi connectivity index (χ3v) is 4.60. The number of unbranched alkanes of at least 4 members (excludes halogenated alkanes) is 3. The van der Waals surface area contributed by atoms with Crippen LogP contribution in [0.25, 0.3) is 11.4 Å². The van der Waals surface area contributed by atoms with Gasteiger partial charge in [0.1, 0.15) is 0 Å². The third kappa shape index (κ3) is 7.13. The van der Waals surface area contributed by atoms with Crippen molar-refractivity contribution in [2.75, 3.05) is 19.6 Å². The molecule has 0 aliphatic carbocycles. The molecule has 1 aromatic carbocycles. The molecule has 2 aromatic rings. The summed E-state index contributed by atoms with van der Waals surface area (Å²) in [5, 5.41) is 4.07. The van der Waals surface area contributed by atoms with Crippen molar-refractivity contribution in [3.05, 3.63) is 35.7 Å².